The van der Waals surface area contributed by atoms with E-state index in [0.717, 1.165) is 84.2 Å². The summed E-state index contributed by atoms with van der Waals surface area (Å²) in [6.45, 7) is 17.1. The molecule has 2 aliphatic rings. The molecule has 0 aromatic rings. The van der Waals surface area contributed by atoms with Gasteiger partial charge in [0.25, 0.3) is 0 Å². The number of nitrogens with one attached hydrogen (secondary N) is 1. The molecule has 1 amide bonds. The number of guanidine groups is 1. The van der Waals surface area contributed by atoms with Crippen LogP contribution in [0.3, 0.4) is 0 Å². The Hall–Kier alpha value is -0.610. The molecule has 1 atom stereocenters. The van der Waals surface area contributed by atoms with Gasteiger partial charge in [-0.2, -0.15) is 0 Å². The number of carbonyl (C=O) groups is 1. The van der Waals surface area contributed by atoms with Crippen LogP contribution in [0.15, 0.2) is 4.99 Å². The number of piperidine rings is 1. The minimum atomic E-state index is 0. The topological polar surface area (TPSA) is 60.4 Å². The maximum absolute atomic E-state index is 12.5. The molecule has 1 N–H and O–H groups in total. The minimum Gasteiger partial charge on any atom is -0.378 e. The summed E-state index contributed by atoms with van der Waals surface area (Å²) in [4.78, 5) is 24.0. The summed E-state index contributed by atoms with van der Waals surface area (Å²) in [6.07, 6.45) is 4.79. The van der Waals surface area contributed by atoms with Gasteiger partial charge in [-0.1, -0.05) is 13.8 Å². The Bertz CT molecular complexity index is 504. The first-order valence-corrected chi connectivity index (χ1v) is 11.7. The highest BCUT2D eigenvalue weighted by Crippen LogP contribution is 2.12. The quantitative estimate of drug-likeness (QED) is 0.279. The minimum absolute atomic E-state index is 0. The van der Waals surface area contributed by atoms with Crippen LogP contribution in [0.4, 0.5) is 0 Å². The van der Waals surface area contributed by atoms with Crippen LogP contribution in [0.25, 0.3) is 0 Å². The Kier molecular flexibility index (Phi) is 13.9. The largest absolute Gasteiger partial charge is 0.378 e. The van der Waals surface area contributed by atoms with Crippen molar-refractivity contribution in [2.75, 3.05) is 65.5 Å². The van der Waals surface area contributed by atoms with Crippen molar-refractivity contribution in [2.45, 2.75) is 59.5 Å². The number of piperazine rings is 1. The summed E-state index contributed by atoms with van der Waals surface area (Å²) in [6, 6.07) is 0. The van der Waals surface area contributed by atoms with Gasteiger partial charge in [-0.15, -0.1) is 24.0 Å². The van der Waals surface area contributed by atoms with E-state index < -0.39 is 0 Å². The molecule has 0 spiro atoms. The van der Waals surface area contributed by atoms with Crippen molar-refractivity contribution in [1.29, 1.82) is 0 Å². The highest BCUT2D eigenvalue weighted by atomic mass is 127. The molecule has 2 heterocycles. The SMILES string of the molecule is CCNC(=NCCC(OCC)C(C)C)N1CCN(CC(=O)N2CCCCC2)CC1.I. The Morgan fingerprint density at radius 2 is 1.67 bits per heavy atom. The molecule has 0 radical (unpaired) electrons. The predicted molar refractivity (Wildman–Crippen MR) is 135 cm³/mol. The van der Waals surface area contributed by atoms with E-state index in [1.54, 1.807) is 0 Å². The van der Waals surface area contributed by atoms with Crippen LogP contribution >= 0.6 is 24.0 Å². The summed E-state index contributed by atoms with van der Waals surface area (Å²) in [5, 5.41) is 3.44. The van der Waals surface area contributed by atoms with Gasteiger partial charge in [0.15, 0.2) is 5.96 Å². The molecule has 2 aliphatic heterocycles. The molecule has 7 nitrogen and oxygen atoms in total. The maximum atomic E-state index is 12.5. The average molecular weight is 538 g/mol. The third-order valence-electron chi connectivity index (χ3n) is 5.87. The zero-order chi connectivity index (χ0) is 21.1. The molecule has 2 fully saturated rings. The molecular formula is C22H44IN5O2. The van der Waals surface area contributed by atoms with Crippen LogP contribution in [0, 0.1) is 5.92 Å². The highest BCUT2D eigenvalue weighted by molar-refractivity contribution is 14.0. The monoisotopic (exact) mass is 537 g/mol. The summed E-state index contributed by atoms with van der Waals surface area (Å²) in [7, 11) is 0. The Morgan fingerprint density at radius 3 is 2.23 bits per heavy atom. The van der Waals surface area contributed by atoms with E-state index in [9.17, 15) is 4.79 Å². The van der Waals surface area contributed by atoms with E-state index in [4.69, 9.17) is 9.73 Å². The molecule has 0 aromatic heterocycles. The Balaban J connectivity index is 0.00000450. The molecule has 8 heteroatoms. The highest BCUT2D eigenvalue weighted by Gasteiger charge is 2.24. The van der Waals surface area contributed by atoms with Gasteiger partial charge in [0, 0.05) is 59.0 Å². The first-order chi connectivity index (χ1) is 14.0. The smallest absolute Gasteiger partial charge is 0.236 e. The van der Waals surface area contributed by atoms with Crippen molar-refractivity contribution < 1.29 is 9.53 Å². The predicted octanol–water partition coefficient (Wildman–Crippen LogP) is 2.65. The van der Waals surface area contributed by atoms with Crippen LogP contribution in [0.1, 0.15) is 53.4 Å². The molecular weight excluding hydrogens is 493 g/mol. The normalized spacial score (nSPS) is 19.6. The number of carbonyl (C=O) groups excluding carboxylic acids is 1. The number of hydrogen-bond acceptors (Lipinski definition) is 4. The number of aliphatic imine (C=N–C) groups is 1. The van der Waals surface area contributed by atoms with Crippen molar-refractivity contribution in [3.05, 3.63) is 0 Å². The van der Waals surface area contributed by atoms with Crippen molar-refractivity contribution >= 4 is 35.8 Å². The first-order valence-electron chi connectivity index (χ1n) is 11.7. The van der Waals surface area contributed by atoms with Crippen molar-refractivity contribution in [3.8, 4) is 0 Å². The van der Waals surface area contributed by atoms with E-state index in [-0.39, 0.29) is 30.1 Å². The number of hydrogen-bond donors (Lipinski definition) is 1. The number of nitrogens with zero attached hydrogens (tertiary/aromatic N) is 4. The van der Waals surface area contributed by atoms with E-state index >= 15 is 0 Å². The van der Waals surface area contributed by atoms with Crippen LogP contribution in [0.5, 0.6) is 0 Å². The second-order valence-electron chi connectivity index (χ2n) is 8.47. The van der Waals surface area contributed by atoms with Crippen molar-refractivity contribution in [1.82, 2.24) is 20.0 Å². The Morgan fingerprint density at radius 1 is 1.00 bits per heavy atom. The average Bonchev–Trinajstić information content (AvgIpc) is 2.73. The summed E-state index contributed by atoms with van der Waals surface area (Å²) in [5.74, 6) is 1.80. The lowest BCUT2D eigenvalue weighted by molar-refractivity contribution is -0.133. The van der Waals surface area contributed by atoms with Crippen LogP contribution in [-0.2, 0) is 9.53 Å². The maximum Gasteiger partial charge on any atom is 0.236 e. The molecule has 1 unspecified atom stereocenters. The zero-order valence-corrected chi connectivity index (χ0v) is 21.9. The third kappa shape index (κ3) is 9.26. The molecule has 176 valence electrons. The van der Waals surface area contributed by atoms with E-state index in [1.807, 2.05) is 4.90 Å². The molecule has 30 heavy (non-hydrogen) atoms. The van der Waals surface area contributed by atoms with E-state index in [0.29, 0.717) is 18.4 Å². The second kappa shape index (κ2) is 15.2. The number of halogens is 1. The first kappa shape index (κ1) is 27.4. The summed E-state index contributed by atoms with van der Waals surface area (Å²) in [5.41, 5.74) is 0. The lowest BCUT2D eigenvalue weighted by atomic mass is 10.0. The Labute approximate surface area is 201 Å². The van der Waals surface area contributed by atoms with Crippen LogP contribution in [0.2, 0.25) is 0 Å². The van der Waals surface area contributed by atoms with Gasteiger partial charge in [0.1, 0.15) is 0 Å². The number of rotatable bonds is 9. The molecule has 0 saturated carbocycles. The van der Waals surface area contributed by atoms with Crippen molar-refractivity contribution in [3.63, 3.8) is 0 Å². The molecule has 2 saturated heterocycles. The summed E-state index contributed by atoms with van der Waals surface area (Å²) < 4.78 is 5.85. The van der Waals surface area contributed by atoms with Gasteiger partial charge < -0.3 is 19.9 Å². The number of amides is 1. The standard InChI is InChI=1S/C22H43N5O2.HI/c1-5-23-22(24-11-10-20(19(3)4)29-6-2)27-16-14-25(15-17-27)18-21(28)26-12-8-7-9-13-26;/h19-20H,5-18H2,1-4H3,(H,23,24);1H. The van der Waals surface area contributed by atoms with Gasteiger partial charge >= 0.3 is 0 Å². The third-order valence-corrected chi connectivity index (χ3v) is 5.87. The van der Waals surface area contributed by atoms with Gasteiger partial charge in [0.2, 0.25) is 5.91 Å². The fourth-order valence-corrected chi connectivity index (χ4v) is 4.10. The molecule has 0 aromatic carbocycles. The zero-order valence-electron chi connectivity index (χ0n) is 19.6. The lowest BCUT2D eigenvalue weighted by Crippen LogP contribution is -2.54. The molecule has 0 aliphatic carbocycles. The van der Waals surface area contributed by atoms with Gasteiger partial charge in [-0.25, -0.2) is 0 Å². The molecule has 0 bridgehead atoms. The lowest BCUT2D eigenvalue weighted by Gasteiger charge is -2.37. The fraction of sp³-hybridized carbons (Fsp3) is 0.909. The van der Waals surface area contributed by atoms with Crippen LogP contribution < -0.4 is 5.32 Å². The van der Waals surface area contributed by atoms with E-state index in [2.05, 4.69) is 42.8 Å². The van der Waals surface area contributed by atoms with Crippen molar-refractivity contribution in [2.24, 2.45) is 10.9 Å². The fourth-order valence-electron chi connectivity index (χ4n) is 4.10. The van der Waals surface area contributed by atoms with Crippen LogP contribution in [-0.4, -0.2) is 98.2 Å². The molecule has 2 rings (SSSR count). The number of ether oxygens (including phenoxy) is 1. The second-order valence-corrected chi connectivity index (χ2v) is 8.47. The van der Waals surface area contributed by atoms with Gasteiger partial charge in [-0.05, 0) is 45.4 Å². The number of likely N-dealkylation sites (tertiary alicyclic amines) is 1. The van der Waals surface area contributed by atoms with Gasteiger partial charge in [0.05, 0.1) is 12.6 Å². The van der Waals surface area contributed by atoms with E-state index in [1.165, 1.54) is 6.42 Å². The van der Waals surface area contributed by atoms with Gasteiger partial charge in [-0.3, -0.25) is 14.7 Å². The summed E-state index contributed by atoms with van der Waals surface area (Å²) >= 11 is 0.